The van der Waals surface area contributed by atoms with Gasteiger partial charge in [-0.2, -0.15) is 0 Å². The van der Waals surface area contributed by atoms with Crippen LogP contribution in [0.3, 0.4) is 0 Å². The lowest BCUT2D eigenvalue weighted by Gasteiger charge is -2.37. The van der Waals surface area contributed by atoms with E-state index in [-0.39, 0.29) is 4.87 Å². The summed E-state index contributed by atoms with van der Waals surface area (Å²) in [6.07, 6.45) is 14.5. The molecule has 0 N–H and O–H groups in total. The smallest absolute Gasteiger partial charge is 0.373 e. The number of aromatic nitrogens is 1. The fraction of sp³-hybridized carbons (Fsp3) is 0.788. The summed E-state index contributed by atoms with van der Waals surface area (Å²) in [5.74, 6) is 1.65. The van der Waals surface area contributed by atoms with Crippen LogP contribution in [0, 0.1) is 17.8 Å². The highest BCUT2D eigenvalue weighted by atomic mass is 33.1. The Bertz CT molecular complexity index is 847. The Balaban J connectivity index is 2.30. The van der Waals surface area contributed by atoms with Crippen LogP contribution in [0.15, 0.2) is 28.6 Å². The van der Waals surface area contributed by atoms with Crippen LogP contribution in [0.2, 0.25) is 0 Å². The monoisotopic (exact) mass is 641 g/mol. The Hall–Kier alpha value is -0.0931. The van der Waals surface area contributed by atoms with Gasteiger partial charge in [-0.15, -0.1) is 11.3 Å². The molecule has 0 bridgehead atoms. The molecule has 2 aromatic rings. The highest BCUT2D eigenvalue weighted by molar-refractivity contribution is 8.77. The van der Waals surface area contributed by atoms with Gasteiger partial charge in [0, 0.05) is 19.8 Å². The number of hydrogen-bond donors (Lipinski definition) is 0. The van der Waals surface area contributed by atoms with Crippen molar-refractivity contribution in [2.75, 3.05) is 19.8 Å². The molecule has 0 aliphatic rings. The van der Waals surface area contributed by atoms with Gasteiger partial charge in [0.2, 0.25) is 0 Å². The van der Waals surface area contributed by atoms with E-state index in [1.165, 1.54) is 62.5 Å². The molecule has 0 fully saturated rings. The van der Waals surface area contributed by atoms with Crippen LogP contribution in [0.1, 0.15) is 126 Å². The second-order valence-electron chi connectivity index (χ2n) is 11.6. The minimum atomic E-state index is -3.03. The molecule has 0 spiro atoms. The Kier molecular flexibility index (Phi) is 19.5. The summed E-state index contributed by atoms with van der Waals surface area (Å²) in [4.78, 5) is 4.99. The fourth-order valence-electron chi connectivity index (χ4n) is 4.93. The first-order valence-electron chi connectivity index (χ1n) is 16.6. The maximum absolute atomic E-state index is 7.03. The standard InChI is InChI=1S/C33H59NO3S3Si/c1-8-14-19-28(11-4)24-35-41(36-25-29(12-5)20-15-9-2,37-26-30(13-6)21-16-10-3)27(7)39-40-33-34-31-22-17-18-23-32(31)38-33/h17-18,22-23,27-30H,8-16,19-21,24-26H2,1-7H3. The highest BCUT2D eigenvalue weighted by Crippen LogP contribution is 2.42. The predicted molar refractivity (Wildman–Crippen MR) is 186 cm³/mol. The number of nitrogens with zero attached hydrogens (tertiary/aromatic N) is 1. The van der Waals surface area contributed by atoms with Crippen molar-refractivity contribution in [3.63, 3.8) is 0 Å². The molecule has 0 saturated carbocycles. The van der Waals surface area contributed by atoms with Crippen molar-refractivity contribution in [1.29, 1.82) is 0 Å². The third-order valence-corrected chi connectivity index (χ3v) is 16.6. The normalized spacial score (nSPS) is 16.5. The molecule has 0 saturated heterocycles. The molecule has 1 aromatic carbocycles. The van der Waals surface area contributed by atoms with Crippen LogP contribution in [0.25, 0.3) is 10.2 Å². The van der Waals surface area contributed by atoms with Crippen molar-refractivity contribution < 1.29 is 13.3 Å². The van der Waals surface area contributed by atoms with Crippen molar-refractivity contribution in [2.45, 2.75) is 135 Å². The summed E-state index contributed by atoms with van der Waals surface area (Å²) in [5.41, 5.74) is 1.07. The molecule has 0 amide bonds. The molecule has 236 valence electrons. The highest BCUT2D eigenvalue weighted by Gasteiger charge is 2.49. The van der Waals surface area contributed by atoms with Crippen LogP contribution in [0.5, 0.6) is 0 Å². The molecule has 1 heterocycles. The van der Waals surface area contributed by atoms with E-state index in [0.29, 0.717) is 17.8 Å². The quantitative estimate of drug-likeness (QED) is 0.0793. The number of unbranched alkanes of at least 4 members (excludes halogenated alkanes) is 3. The predicted octanol–water partition coefficient (Wildman–Crippen LogP) is 11.6. The van der Waals surface area contributed by atoms with Crippen molar-refractivity contribution >= 4 is 51.9 Å². The third-order valence-electron chi connectivity index (χ3n) is 8.23. The Morgan fingerprint density at radius 3 is 1.61 bits per heavy atom. The lowest BCUT2D eigenvalue weighted by atomic mass is 10.0. The average molecular weight is 642 g/mol. The van der Waals surface area contributed by atoms with Gasteiger partial charge in [0.15, 0.2) is 4.34 Å². The first-order chi connectivity index (χ1) is 19.9. The lowest BCUT2D eigenvalue weighted by Crippen LogP contribution is -2.56. The van der Waals surface area contributed by atoms with Crippen molar-refractivity contribution in [3.05, 3.63) is 24.3 Å². The summed E-state index contributed by atoms with van der Waals surface area (Å²) in [7, 11) is 0.568. The molecular formula is C33H59NO3S3Si. The van der Waals surface area contributed by atoms with Gasteiger partial charge in [0.05, 0.1) is 15.1 Å². The number of para-hydroxylation sites is 1. The van der Waals surface area contributed by atoms with Gasteiger partial charge in [-0.3, -0.25) is 0 Å². The second-order valence-corrected chi connectivity index (χ2v) is 18.7. The Labute approximate surface area is 265 Å². The molecule has 0 radical (unpaired) electrons. The molecule has 0 aliphatic carbocycles. The van der Waals surface area contributed by atoms with E-state index >= 15 is 0 Å². The van der Waals surface area contributed by atoms with Crippen molar-refractivity contribution in [1.82, 2.24) is 4.98 Å². The average Bonchev–Trinajstić information content (AvgIpc) is 3.42. The van der Waals surface area contributed by atoms with Gasteiger partial charge in [0.1, 0.15) is 0 Å². The first kappa shape index (κ1) is 37.1. The number of hydrogen-bond acceptors (Lipinski definition) is 7. The molecule has 2 rings (SSSR count). The molecule has 8 heteroatoms. The van der Waals surface area contributed by atoms with Crippen LogP contribution in [-0.2, 0) is 13.3 Å². The Morgan fingerprint density at radius 2 is 1.20 bits per heavy atom. The van der Waals surface area contributed by atoms with E-state index in [2.05, 4.69) is 72.7 Å². The summed E-state index contributed by atoms with van der Waals surface area (Å²) < 4.78 is 23.4. The van der Waals surface area contributed by atoms with Crippen LogP contribution in [0.4, 0.5) is 0 Å². The third kappa shape index (κ3) is 13.2. The molecule has 1 aromatic heterocycles. The number of benzene rings is 1. The summed E-state index contributed by atoms with van der Waals surface area (Å²) in [6.45, 7) is 18.2. The van der Waals surface area contributed by atoms with Gasteiger partial charge >= 0.3 is 8.80 Å². The van der Waals surface area contributed by atoms with E-state index in [1.54, 1.807) is 22.1 Å². The number of fused-ring (bicyclic) bond motifs is 1. The number of thiazole rings is 1. The van der Waals surface area contributed by atoms with E-state index in [0.717, 1.165) is 48.9 Å². The van der Waals surface area contributed by atoms with Crippen molar-refractivity contribution in [3.8, 4) is 0 Å². The fourth-order valence-corrected chi connectivity index (χ4v) is 12.8. The largest absolute Gasteiger partial charge is 0.515 e. The maximum atomic E-state index is 7.03. The first-order valence-corrected chi connectivity index (χ1v) is 21.4. The molecule has 41 heavy (non-hydrogen) atoms. The summed E-state index contributed by atoms with van der Waals surface area (Å²) in [5, 5.41) is 0. The zero-order valence-corrected chi connectivity index (χ0v) is 30.6. The minimum Gasteiger partial charge on any atom is -0.373 e. The topological polar surface area (TPSA) is 40.6 Å². The summed E-state index contributed by atoms with van der Waals surface area (Å²) in [6, 6.07) is 8.41. The van der Waals surface area contributed by atoms with Crippen LogP contribution in [-0.4, -0.2) is 38.5 Å². The van der Waals surface area contributed by atoms with E-state index in [4.69, 9.17) is 18.3 Å². The van der Waals surface area contributed by atoms with E-state index in [1.807, 2.05) is 10.8 Å². The number of rotatable bonds is 25. The SMILES string of the molecule is CCCCC(CC)CO[Si](OCC(CC)CCCC)(OCC(CC)CCCC)C(C)SSc1nc2ccccc2s1. The second kappa shape index (κ2) is 21.6. The molecule has 0 aliphatic heterocycles. The molecule has 4 atom stereocenters. The van der Waals surface area contributed by atoms with Gasteiger partial charge in [-0.05, 0) is 66.9 Å². The molecule has 4 nitrogen and oxygen atoms in total. The molecular weight excluding hydrogens is 583 g/mol. The molecule has 4 unspecified atom stereocenters. The van der Waals surface area contributed by atoms with Gasteiger partial charge < -0.3 is 13.3 Å². The van der Waals surface area contributed by atoms with E-state index in [9.17, 15) is 0 Å². The van der Waals surface area contributed by atoms with E-state index < -0.39 is 8.80 Å². The zero-order chi connectivity index (χ0) is 29.9. The maximum Gasteiger partial charge on any atom is 0.515 e. The summed E-state index contributed by atoms with van der Waals surface area (Å²) >= 11 is 1.77. The zero-order valence-electron chi connectivity index (χ0n) is 27.1. The van der Waals surface area contributed by atoms with Gasteiger partial charge in [-0.25, -0.2) is 4.98 Å². The Morgan fingerprint density at radius 1 is 0.732 bits per heavy atom. The van der Waals surface area contributed by atoms with Crippen LogP contribution >= 0.6 is 32.9 Å². The minimum absolute atomic E-state index is 0.107. The van der Waals surface area contributed by atoms with Crippen molar-refractivity contribution in [2.24, 2.45) is 17.8 Å². The lowest BCUT2D eigenvalue weighted by molar-refractivity contribution is 0.0240. The van der Waals surface area contributed by atoms with Gasteiger partial charge in [-0.1, -0.05) is 122 Å². The van der Waals surface area contributed by atoms with Crippen LogP contribution < -0.4 is 0 Å². The van der Waals surface area contributed by atoms with Gasteiger partial charge in [0.25, 0.3) is 0 Å².